The molecule has 9 heteroatoms. The number of allylic oxidation sites excluding steroid dienone is 1. The molecule has 2 aromatic carbocycles. The van der Waals surface area contributed by atoms with Gasteiger partial charge in [0.15, 0.2) is 11.6 Å². The maximum absolute atomic E-state index is 15.4. The van der Waals surface area contributed by atoms with Crippen molar-refractivity contribution in [1.29, 1.82) is 0 Å². The van der Waals surface area contributed by atoms with Gasteiger partial charge in [0.05, 0.1) is 17.5 Å². The van der Waals surface area contributed by atoms with Crippen LogP contribution in [0.1, 0.15) is 30.4 Å². The fourth-order valence-corrected chi connectivity index (χ4v) is 5.57. The highest BCUT2D eigenvalue weighted by Gasteiger charge is 2.54. The molecule has 172 valence electrons. The predicted octanol–water partition coefficient (Wildman–Crippen LogP) is 5.58. The second-order valence-electron chi connectivity index (χ2n) is 7.54. The Hall–Kier alpha value is -2.14. The minimum atomic E-state index is -3.91. The Morgan fingerprint density at radius 1 is 1.19 bits per heavy atom. The lowest BCUT2D eigenvalue weighted by Crippen LogP contribution is -2.30. The number of halogens is 3. The summed E-state index contributed by atoms with van der Waals surface area (Å²) in [4.78, 5) is 0. The minimum absolute atomic E-state index is 0.0542. The van der Waals surface area contributed by atoms with Crippen molar-refractivity contribution in [2.45, 2.75) is 30.4 Å². The van der Waals surface area contributed by atoms with Crippen LogP contribution < -0.4 is 14.2 Å². The number of benzene rings is 2. The third-order valence-electron chi connectivity index (χ3n) is 5.38. The number of hydrogen-bond donors (Lipinski definition) is 1. The van der Waals surface area contributed by atoms with Gasteiger partial charge in [0.1, 0.15) is 18.2 Å². The first-order valence-corrected chi connectivity index (χ1v) is 12.4. The summed E-state index contributed by atoms with van der Waals surface area (Å²) in [6.45, 7) is 7.29. The van der Waals surface area contributed by atoms with Gasteiger partial charge in [-0.25, -0.2) is 17.2 Å². The van der Waals surface area contributed by atoms with E-state index in [-0.39, 0.29) is 47.8 Å². The van der Waals surface area contributed by atoms with E-state index >= 15 is 4.39 Å². The van der Waals surface area contributed by atoms with Crippen LogP contribution in [0, 0.1) is 15.2 Å². The Bertz CT molecular complexity index is 1150. The standard InChI is InChI=1S/C23H24F2INO4S/c1-4-8-23(9-10-23)32(28,29)27-22-17(12-15-6-7-16(26)13-18(15)24)21(25)19(30-3)14-20(22)31-11-5-2/h4-7,13-14,27H,1-2,8-12H2,3H3. The van der Waals surface area contributed by atoms with Gasteiger partial charge in [0, 0.05) is 21.6 Å². The highest BCUT2D eigenvalue weighted by Crippen LogP contribution is 2.49. The van der Waals surface area contributed by atoms with Gasteiger partial charge in [-0.1, -0.05) is 24.8 Å². The summed E-state index contributed by atoms with van der Waals surface area (Å²) in [7, 11) is -2.62. The first kappa shape index (κ1) is 24.5. The molecule has 0 saturated heterocycles. The van der Waals surface area contributed by atoms with E-state index in [1.54, 1.807) is 18.2 Å². The van der Waals surface area contributed by atoms with E-state index in [2.05, 4.69) is 17.9 Å². The molecule has 0 atom stereocenters. The summed E-state index contributed by atoms with van der Waals surface area (Å²) < 4.78 is 69.4. The Morgan fingerprint density at radius 3 is 2.47 bits per heavy atom. The van der Waals surface area contributed by atoms with Crippen molar-refractivity contribution in [3.05, 3.63) is 75.9 Å². The summed E-state index contributed by atoms with van der Waals surface area (Å²) in [5.74, 6) is -1.38. The quantitative estimate of drug-likeness (QED) is 0.281. The molecule has 0 aliphatic heterocycles. The maximum atomic E-state index is 15.4. The van der Waals surface area contributed by atoms with Gasteiger partial charge in [-0.05, 0) is 59.5 Å². The molecule has 0 spiro atoms. The van der Waals surface area contributed by atoms with Crippen LogP contribution >= 0.6 is 22.6 Å². The molecule has 32 heavy (non-hydrogen) atoms. The van der Waals surface area contributed by atoms with Crippen LogP contribution in [0.4, 0.5) is 14.5 Å². The zero-order valence-corrected chi connectivity index (χ0v) is 20.6. The lowest BCUT2D eigenvalue weighted by Gasteiger charge is -2.22. The van der Waals surface area contributed by atoms with Gasteiger partial charge in [-0.15, -0.1) is 6.58 Å². The summed E-state index contributed by atoms with van der Waals surface area (Å²) in [6, 6.07) is 5.84. The fraction of sp³-hybridized carbons (Fsp3) is 0.304. The average molecular weight is 575 g/mol. The summed E-state index contributed by atoms with van der Waals surface area (Å²) >= 11 is 1.98. The van der Waals surface area contributed by atoms with Crippen molar-refractivity contribution in [3.8, 4) is 11.5 Å². The molecule has 1 aliphatic carbocycles. The van der Waals surface area contributed by atoms with Crippen LogP contribution in [0.25, 0.3) is 0 Å². The van der Waals surface area contributed by atoms with Crippen molar-refractivity contribution in [1.82, 2.24) is 0 Å². The molecule has 1 fully saturated rings. The summed E-state index contributed by atoms with van der Waals surface area (Å²) in [5, 5.41) is 0. The summed E-state index contributed by atoms with van der Waals surface area (Å²) in [6.07, 6.45) is 4.03. The van der Waals surface area contributed by atoms with Crippen LogP contribution in [0.2, 0.25) is 0 Å². The van der Waals surface area contributed by atoms with E-state index in [1.807, 2.05) is 22.6 Å². The predicted molar refractivity (Wildman–Crippen MR) is 130 cm³/mol. The van der Waals surface area contributed by atoms with Crippen LogP contribution in [0.5, 0.6) is 11.5 Å². The van der Waals surface area contributed by atoms with Crippen molar-refractivity contribution >= 4 is 38.3 Å². The molecule has 5 nitrogen and oxygen atoms in total. The molecular weight excluding hydrogens is 551 g/mol. The van der Waals surface area contributed by atoms with Crippen LogP contribution in [-0.4, -0.2) is 26.9 Å². The number of methoxy groups -OCH3 is 1. The molecule has 0 bridgehead atoms. The number of nitrogens with one attached hydrogen (secondary N) is 1. The monoisotopic (exact) mass is 575 g/mol. The molecule has 0 heterocycles. The molecule has 1 N–H and O–H groups in total. The Labute approximate surface area is 200 Å². The molecule has 0 radical (unpaired) electrons. The average Bonchev–Trinajstić information content (AvgIpc) is 3.53. The van der Waals surface area contributed by atoms with E-state index in [9.17, 15) is 12.8 Å². The van der Waals surface area contributed by atoms with Crippen LogP contribution in [0.3, 0.4) is 0 Å². The van der Waals surface area contributed by atoms with Crippen LogP contribution in [0.15, 0.2) is 49.6 Å². The van der Waals surface area contributed by atoms with Crippen molar-refractivity contribution in [2.24, 2.45) is 0 Å². The van der Waals surface area contributed by atoms with Crippen molar-refractivity contribution in [3.63, 3.8) is 0 Å². The second kappa shape index (κ2) is 9.78. The largest absolute Gasteiger partial charge is 0.494 e. The van der Waals surface area contributed by atoms with Crippen molar-refractivity contribution in [2.75, 3.05) is 18.4 Å². The van der Waals surface area contributed by atoms with Crippen molar-refractivity contribution < 1.29 is 26.7 Å². The maximum Gasteiger partial charge on any atom is 0.238 e. The summed E-state index contributed by atoms with van der Waals surface area (Å²) in [5.41, 5.74) is 0.0693. The Balaban J connectivity index is 2.16. The van der Waals surface area contributed by atoms with Gasteiger partial charge < -0.3 is 9.47 Å². The van der Waals surface area contributed by atoms with E-state index in [0.717, 1.165) is 0 Å². The molecular formula is C23H24F2INO4S. The highest BCUT2D eigenvalue weighted by atomic mass is 127. The normalized spacial score (nSPS) is 14.5. The van der Waals surface area contributed by atoms with Gasteiger partial charge >= 0.3 is 0 Å². The molecule has 0 amide bonds. The Morgan fingerprint density at radius 2 is 1.91 bits per heavy atom. The minimum Gasteiger partial charge on any atom is -0.494 e. The second-order valence-corrected chi connectivity index (χ2v) is 10.9. The fourth-order valence-electron chi connectivity index (χ4n) is 3.43. The first-order valence-electron chi connectivity index (χ1n) is 9.88. The molecule has 0 unspecified atom stereocenters. The van der Waals surface area contributed by atoms with Gasteiger partial charge in [-0.2, -0.15) is 0 Å². The van der Waals surface area contributed by atoms with Gasteiger partial charge in [-0.3, -0.25) is 4.72 Å². The molecule has 3 rings (SSSR count). The number of rotatable bonds is 11. The third kappa shape index (κ3) is 4.93. The SMILES string of the molecule is C=CCOc1cc(OC)c(F)c(Cc2ccc(I)cc2F)c1NS(=O)(=O)C1(CC=C)CC1. The van der Waals surface area contributed by atoms with Crippen LogP contribution in [-0.2, 0) is 16.4 Å². The number of sulfonamides is 1. The topological polar surface area (TPSA) is 64.6 Å². The number of ether oxygens (including phenoxy) is 2. The number of anilines is 1. The van der Waals surface area contributed by atoms with Gasteiger partial charge in [0.25, 0.3) is 0 Å². The molecule has 1 aliphatic rings. The smallest absolute Gasteiger partial charge is 0.238 e. The zero-order chi connectivity index (χ0) is 23.5. The first-order chi connectivity index (χ1) is 15.2. The molecule has 1 saturated carbocycles. The highest BCUT2D eigenvalue weighted by molar-refractivity contribution is 14.1. The van der Waals surface area contributed by atoms with E-state index in [0.29, 0.717) is 16.4 Å². The zero-order valence-electron chi connectivity index (χ0n) is 17.6. The lowest BCUT2D eigenvalue weighted by molar-refractivity contribution is 0.351. The third-order valence-corrected chi connectivity index (χ3v) is 8.24. The molecule has 2 aromatic rings. The van der Waals surface area contributed by atoms with E-state index in [1.165, 1.54) is 25.3 Å². The molecule has 0 aromatic heterocycles. The number of hydrogen-bond acceptors (Lipinski definition) is 4. The van der Waals surface area contributed by atoms with E-state index in [4.69, 9.17) is 9.47 Å². The van der Waals surface area contributed by atoms with Gasteiger partial charge in [0.2, 0.25) is 10.0 Å². The Kier molecular flexibility index (Phi) is 7.49. The lowest BCUT2D eigenvalue weighted by atomic mass is 10.0. The van der Waals surface area contributed by atoms with E-state index < -0.39 is 26.4 Å².